The standard InChI is InChI=1S/C12H20N2O2/c1-3-16-12-11(7-4-8-13-12)14-10(2)6-5-9-15/h4,7-8,10,14-15H,3,5-6,9H2,1-2H3. The Balaban J connectivity index is 2.57. The maximum Gasteiger partial charge on any atom is 0.237 e. The molecule has 16 heavy (non-hydrogen) atoms. The largest absolute Gasteiger partial charge is 0.476 e. The van der Waals surface area contributed by atoms with Crippen molar-refractivity contribution in [3.8, 4) is 5.88 Å². The smallest absolute Gasteiger partial charge is 0.237 e. The van der Waals surface area contributed by atoms with Gasteiger partial charge in [-0.05, 0) is 38.8 Å². The molecular weight excluding hydrogens is 204 g/mol. The Hall–Kier alpha value is -1.29. The van der Waals surface area contributed by atoms with Crippen LogP contribution in [0.4, 0.5) is 5.69 Å². The monoisotopic (exact) mass is 224 g/mol. The average molecular weight is 224 g/mol. The van der Waals surface area contributed by atoms with Crippen molar-refractivity contribution in [3.05, 3.63) is 18.3 Å². The van der Waals surface area contributed by atoms with E-state index in [0.717, 1.165) is 18.5 Å². The van der Waals surface area contributed by atoms with Crippen LogP contribution in [0, 0.1) is 0 Å². The van der Waals surface area contributed by atoms with Gasteiger partial charge >= 0.3 is 0 Å². The normalized spacial score (nSPS) is 12.2. The SMILES string of the molecule is CCOc1ncccc1NC(C)CCCO. The van der Waals surface area contributed by atoms with E-state index in [-0.39, 0.29) is 6.61 Å². The summed E-state index contributed by atoms with van der Waals surface area (Å²) in [4.78, 5) is 4.17. The first-order valence-electron chi connectivity index (χ1n) is 5.73. The first-order chi connectivity index (χ1) is 7.77. The van der Waals surface area contributed by atoms with E-state index in [0.29, 0.717) is 18.5 Å². The van der Waals surface area contributed by atoms with Gasteiger partial charge in [-0.15, -0.1) is 0 Å². The highest BCUT2D eigenvalue weighted by Gasteiger charge is 2.07. The molecule has 0 saturated carbocycles. The van der Waals surface area contributed by atoms with Crippen LogP contribution < -0.4 is 10.1 Å². The molecule has 1 rings (SSSR count). The third-order valence-electron chi connectivity index (χ3n) is 2.25. The molecule has 0 fully saturated rings. The Kier molecular flexibility index (Phi) is 5.64. The van der Waals surface area contributed by atoms with E-state index >= 15 is 0 Å². The third-order valence-corrected chi connectivity index (χ3v) is 2.25. The number of pyridine rings is 1. The van der Waals surface area contributed by atoms with E-state index in [1.807, 2.05) is 19.1 Å². The first kappa shape index (κ1) is 12.8. The van der Waals surface area contributed by atoms with E-state index in [2.05, 4.69) is 17.2 Å². The topological polar surface area (TPSA) is 54.4 Å². The fraction of sp³-hybridized carbons (Fsp3) is 0.583. The van der Waals surface area contributed by atoms with Crippen LogP contribution in [-0.2, 0) is 0 Å². The van der Waals surface area contributed by atoms with Gasteiger partial charge in [-0.3, -0.25) is 0 Å². The van der Waals surface area contributed by atoms with Crippen molar-refractivity contribution in [2.24, 2.45) is 0 Å². The fourth-order valence-corrected chi connectivity index (χ4v) is 1.49. The van der Waals surface area contributed by atoms with E-state index < -0.39 is 0 Å². The molecule has 0 aromatic carbocycles. The van der Waals surface area contributed by atoms with Crippen molar-refractivity contribution in [2.75, 3.05) is 18.5 Å². The van der Waals surface area contributed by atoms with Crippen molar-refractivity contribution in [3.63, 3.8) is 0 Å². The molecule has 0 aliphatic heterocycles. The van der Waals surface area contributed by atoms with Gasteiger partial charge in [0, 0.05) is 18.8 Å². The second-order valence-corrected chi connectivity index (χ2v) is 3.70. The number of aliphatic hydroxyl groups excluding tert-OH is 1. The molecular formula is C12H20N2O2. The average Bonchev–Trinajstić information content (AvgIpc) is 2.29. The summed E-state index contributed by atoms with van der Waals surface area (Å²) >= 11 is 0. The molecule has 4 heteroatoms. The minimum atomic E-state index is 0.234. The zero-order valence-electron chi connectivity index (χ0n) is 9.94. The minimum Gasteiger partial charge on any atom is -0.476 e. The quantitative estimate of drug-likeness (QED) is 0.744. The fourth-order valence-electron chi connectivity index (χ4n) is 1.49. The molecule has 0 aliphatic rings. The first-order valence-corrected chi connectivity index (χ1v) is 5.73. The van der Waals surface area contributed by atoms with Gasteiger partial charge in [-0.2, -0.15) is 0 Å². The molecule has 1 aromatic rings. The van der Waals surface area contributed by atoms with Crippen LogP contribution in [0.25, 0.3) is 0 Å². The molecule has 1 atom stereocenters. The Morgan fingerprint density at radius 1 is 1.56 bits per heavy atom. The lowest BCUT2D eigenvalue weighted by Gasteiger charge is -2.16. The highest BCUT2D eigenvalue weighted by atomic mass is 16.5. The predicted octanol–water partition coefficient (Wildman–Crippen LogP) is 2.05. The second-order valence-electron chi connectivity index (χ2n) is 3.70. The molecule has 0 bridgehead atoms. The van der Waals surface area contributed by atoms with Crippen LogP contribution in [0.1, 0.15) is 26.7 Å². The number of hydrogen-bond donors (Lipinski definition) is 2. The molecule has 4 nitrogen and oxygen atoms in total. The summed E-state index contributed by atoms with van der Waals surface area (Å²) in [6, 6.07) is 4.13. The molecule has 0 saturated heterocycles. The molecule has 2 N–H and O–H groups in total. The summed E-state index contributed by atoms with van der Waals surface area (Å²) < 4.78 is 5.42. The summed E-state index contributed by atoms with van der Waals surface area (Å²) in [5.74, 6) is 0.640. The number of ether oxygens (including phenoxy) is 1. The molecule has 0 radical (unpaired) electrons. The molecule has 1 heterocycles. The van der Waals surface area contributed by atoms with E-state index in [9.17, 15) is 0 Å². The number of aromatic nitrogens is 1. The van der Waals surface area contributed by atoms with Gasteiger partial charge in [-0.25, -0.2) is 4.98 Å². The van der Waals surface area contributed by atoms with E-state index in [4.69, 9.17) is 9.84 Å². The second kappa shape index (κ2) is 7.06. The maximum atomic E-state index is 8.76. The maximum absolute atomic E-state index is 8.76. The molecule has 0 aliphatic carbocycles. The number of hydrogen-bond acceptors (Lipinski definition) is 4. The van der Waals surface area contributed by atoms with Crippen molar-refractivity contribution in [1.29, 1.82) is 0 Å². The van der Waals surface area contributed by atoms with Crippen molar-refractivity contribution >= 4 is 5.69 Å². The van der Waals surface area contributed by atoms with Crippen LogP contribution in [0.5, 0.6) is 5.88 Å². The highest BCUT2D eigenvalue weighted by molar-refractivity contribution is 5.52. The molecule has 0 spiro atoms. The zero-order chi connectivity index (χ0) is 11.8. The lowest BCUT2D eigenvalue weighted by molar-refractivity contribution is 0.282. The number of aliphatic hydroxyl groups is 1. The Morgan fingerprint density at radius 3 is 3.06 bits per heavy atom. The van der Waals surface area contributed by atoms with Gasteiger partial charge in [0.25, 0.3) is 0 Å². The van der Waals surface area contributed by atoms with Gasteiger partial charge in [0.2, 0.25) is 5.88 Å². The summed E-state index contributed by atoms with van der Waals surface area (Å²) in [5, 5.41) is 12.1. The van der Waals surface area contributed by atoms with Crippen molar-refractivity contribution in [1.82, 2.24) is 4.98 Å². The molecule has 1 unspecified atom stereocenters. The molecule has 1 aromatic heterocycles. The van der Waals surface area contributed by atoms with Crippen LogP contribution >= 0.6 is 0 Å². The van der Waals surface area contributed by atoms with Gasteiger partial charge in [0.05, 0.1) is 12.3 Å². The summed E-state index contributed by atoms with van der Waals surface area (Å²) in [6.45, 7) is 4.86. The van der Waals surface area contributed by atoms with Crippen LogP contribution in [0.2, 0.25) is 0 Å². The Morgan fingerprint density at radius 2 is 2.38 bits per heavy atom. The summed E-state index contributed by atoms with van der Waals surface area (Å²) in [7, 11) is 0. The third kappa shape index (κ3) is 4.06. The molecule has 90 valence electrons. The zero-order valence-corrected chi connectivity index (χ0v) is 9.94. The summed E-state index contributed by atoms with van der Waals surface area (Å²) in [5.41, 5.74) is 0.912. The van der Waals surface area contributed by atoms with E-state index in [1.165, 1.54) is 0 Å². The number of anilines is 1. The number of rotatable bonds is 7. The van der Waals surface area contributed by atoms with E-state index in [1.54, 1.807) is 6.20 Å². The number of nitrogens with zero attached hydrogens (tertiary/aromatic N) is 1. The Labute approximate surface area is 96.7 Å². The lowest BCUT2D eigenvalue weighted by atomic mass is 10.2. The van der Waals surface area contributed by atoms with Gasteiger partial charge in [0.1, 0.15) is 0 Å². The van der Waals surface area contributed by atoms with Crippen LogP contribution in [0.15, 0.2) is 18.3 Å². The van der Waals surface area contributed by atoms with Gasteiger partial charge < -0.3 is 15.2 Å². The highest BCUT2D eigenvalue weighted by Crippen LogP contribution is 2.21. The summed E-state index contributed by atoms with van der Waals surface area (Å²) in [6.07, 6.45) is 3.45. The lowest BCUT2D eigenvalue weighted by Crippen LogP contribution is -2.16. The van der Waals surface area contributed by atoms with Gasteiger partial charge in [0.15, 0.2) is 0 Å². The minimum absolute atomic E-state index is 0.234. The van der Waals surface area contributed by atoms with Gasteiger partial charge in [-0.1, -0.05) is 0 Å². The predicted molar refractivity (Wildman–Crippen MR) is 64.8 cm³/mol. The van der Waals surface area contributed by atoms with Crippen LogP contribution in [0.3, 0.4) is 0 Å². The number of nitrogens with one attached hydrogen (secondary N) is 1. The van der Waals surface area contributed by atoms with Crippen molar-refractivity contribution in [2.45, 2.75) is 32.7 Å². The van der Waals surface area contributed by atoms with Crippen LogP contribution in [-0.4, -0.2) is 29.3 Å². The molecule has 0 amide bonds. The Bertz CT molecular complexity index is 305. The van der Waals surface area contributed by atoms with Crippen molar-refractivity contribution < 1.29 is 9.84 Å².